The van der Waals surface area contributed by atoms with Crippen molar-refractivity contribution in [2.45, 2.75) is 51.7 Å². The lowest BCUT2D eigenvalue weighted by molar-refractivity contribution is -0.140. The number of nitrogens with zero attached hydrogens (tertiary/aromatic N) is 4. The van der Waals surface area contributed by atoms with E-state index in [4.69, 9.17) is 21.1 Å². The van der Waals surface area contributed by atoms with Gasteiger partial charge in [-0.1, -0.05) is 23.7 Å². The van der Waals surface area contributed by atoms with E-state index in [1.165, 1.54) is 17.0 Å². The number of amides is 2. The van der Waals surface area contributed by atoms with Gasteiger partial charge in [-0.2, -0.15) is 5.26 Å². The van der Waals surface area contributed by atoms with Gasteiger partial charge in [0.2, 0.25) is 0 Å². The molecule has 0 bridgehead atoms. The Bertz CT molecular complexity index is 1280. The van der Waals surface area contributed by atoms with Crippen molar-refractivity contribution in [3.8, 4) is 11.8 Å². The molecule has 2 amide bonds. The molecule has 2 aromatic carbocycles. The Morgan fingerprint density at radius 1 is 1.21 bits per heavy atom. The number of piperidine rings is 1. The van der Waals surface area contributed by atoms with Crippen LogP contribution in [0, 0.1) is 22.6 Å². The number of hydrogen-bond acceptors (Lipinski definition) is 6. The zero-order valence-electron chi connectivity index (χ0n) is 23.0. The SMILES string of the molecule is CN(C)c1cc(Cl)cc2c1OC(C(=O)N1CCC(C#N)(Cc3ccc(F)cc3)CC1)CN2C(=O)OC(C)(C)C. The number of halogens is 2. The summed E-state index contributed by atoms with van der Waals surface area (Å²) in [5.41, 5.74) is 0.561. The molecule has 0 spiro atoms. The Morgan fingerprint density at radius 2 is 1.85 bits per heavy atom. The molecule has 1 saturated heterocycles. The average molecular weight is 557 g/mol. The highest BCUT2D eigenvalue weighted by Gasteiger charge is 2.42. The topological polar surface area (TPSA) is 86.1 Å². The molecule has 0 aliphatic carbocycles. The van der Waals surface area contributed by atoms with E-state index < -0.39 is 23.2 Å². The summed E-state index contributed by atoms with van der Waals surface area (Å²) in [6, 6.07) is 12.0. The number of ether oxygens (including phenoxy) is 2. The Balaban J connectivity index is 1.55. The molecule has 2 aliphatic heterocycles. The number of likely N-dealkylation sites (tertiary alicyclic amines) is 1. The number of hydrogen-bond donors (Lipinski definition) is 0. The first-order chi connectivity index (χ1) is 18.3. The van der Waals surface area contributed by atoms with Crippen LogP contribution in [-0.2, 0) is 16.0 Å². The van der Waals surface area contributed by atoms with Gasteiger partial charge in [-0.3, -0.25) is 9.69 Å². The summed E-state index contributed by atoms with van der Waals surface area (Å²) in [5.74, 6) is -0.207. The van der Waals surface area contributed by atoms with Gasteiger partial charge >= 0.3 is 6.09 Å². The smallest absolute Gasteiger partial charge is 0.415 e. The number of carbonyl (C=O) groups is 2. The van der Waals surface area contributed by atoms with E-state index in [0.29, 0.717) is 54.5 Å². The minimum absolute atomic E-state index is 0.0383. The van der Waals surface area contributed by atoms with Crippen molar-refractivity contribution < 1.29 is 23.5 Å². The third-order valence-corrected chi connectivity index (χ3v) is 7.23. The van der Waals surface area contributed by atoms with Crippen molar-refractivity contribution in [3.63, 3.8) is 0 Å². The third-order valence-electron chi connectivity index (χ3n) is 7.01. The molecule has 2 aromatic rings. The van der Waals surface area contributed by atoms with Crippen LogP contribution in [0.3, 0.4) is 0 Å². The van der Waals surface area contributed by atoms with Crippen molar-refractivity contribution in [1.82, 2.24) is 4.90 Å². The summed E-state index contributed by atoms with van der Waals surface area (Å²) in [4.78, 5) is 31.9. The van der Waals surface area contributed by atoms with Crippen LogP contribution in [-0.4, -0.2) is 62.3 Å². The first kappa shape index (κ1) is 28.5. The van der Waals surface area contributed by atoms with Gasteiger partial charge in [-0.15, -0.1) is 0 Å². The van der Waals surface area contributed by atoms with Gasteiger partial charge in [0, 0.05) is 32.2 Å². The van der Waals surface area contributed by atoms with Crippen LogP contribution in [0.25, 0.3) is 0 Å². The summed E-state index contributed by atoms with van der Waals surface area (Å²) in [5, 5.41) is 10.4. The van der Waals surface area contributed by atoms with E-state index >= 15 is 0 Å². The molecule has 1 atom stereocenters. The first-order valence-electron chi connectivity index (χ1n) is 12.9. The summed E-state index contributed by atoms with van der Waals surface area (Å²) >= 11 is 6.37. The maximum absolute atomic E-state index is 13.7. The first-order valence-corrected chi connectivity index (χ1v) is 13.3. The predicted octanol–water partition coefficient (Wildman–Crippen LogP) is 5.42. The summed E-state index contributed by atoms with van der Waals surface area (Å²) in [7, 11) is 3.65. The Morgan fingerprint density at radius 3 is 2.41 bits per heavy atom. The van der Waals surface area contributed by atoms with Crippen LogP contribution < -0.4 is 14.5 Å². The molecular weight excluding hydrogens is 523 g/mol. The van der Waals surface area contributed by atoms with Crippen molar-refractivity contribution in [3.05, 3.63) is 52.8 Å². The zero-order chi connectivity index (χ0) is 28.5. The predicted molar refractivity (Wildman–Crippen MR) is 148 cm³/mol. The van der Waals surface area contributed by atoms with E-state index in [-0.39, 0.29) is 18.3 Å². The zero-order valence-corrected chi connectivity index (χ0v) is 23.7. The van der Waals surface area contributed by atoms with E-state index in [9.17, 15) is 19.2 Å². The molecule has 8 nitrogen and oxygen atoms in total. The number of carbonyl (C=O) groups excluding carboxylic acids is 2. The highest BCUT2D eigenvalue weighted by molar-refractivity contribution is 6.31. The quantitative estimate of drug-likeness (QED) is 0.500. The van der Waals surface area contributed by atoms with Crippen molar-refractivity contribution in [2.24, 2.45) is 5.41 Å². The second-order valence-corrected chi connectivity index (χ2v) is 11.8. The van der Waals surface area contributed by atoms with Crippen LogP contribution >= 0.6 is 11.6 Å². The van der Waals surface area contributed by atoms with Crippen LogP contribution in [0.15, 0.2) is 36.4 Å². The van der Waals surface area contributed by atoms with Crippen LogP contribution in [0.1, 0.15) is 39.2 Å². The monoisotopic (exact) mass is 556 g/mol. The number of rotatable bonds is 4. The highest BCUT2D eigenvalue weighted by atomic mass is 35.5. The van der Waals surface area contributed by atoms with Gasteiger partial charge in [0.15, 0.2) is 11.9 Å². The molecule has 208 valence electrons. The molecule has 0 radical (unpaired) electrons. The summed E-state index contributed by atoms with van der Waals surface area (Å²) in [6.45, 7) is 6.03. The molecular formula is C29H34ClFN4O4. The van der Waals surface area contributed by atoms with Gasteiger partial charge in [-0.25, -0.2) is 9.18 Å². The van der Waals surface area contributed by atoms with Gasteiger partial charge in [0.1, 0.15) is 11.4 Å². The molecule has 1 unspecified atom stereocenters. The fourth-order valence-corrected chi connectivity index (χ4v) is 5.17. The molecule has 4 rings (SSSR count). The number of nitriles is 1. The summed E-state index contributed by atoms with van der Waals surface area (Å²) in [6.07, 6.45) is -0.123. The minimum atomic E-state index is -0.962. The van der Waals surface area contributed by atoms with E-state index in [2.05, 4.69) is 6.07 Å². The van der Waals surface area contributed by atoms with Crippen LogP contribution in [0.2, 0.25) is 5.02 Å². The van der Waals surface area contributed by atoms with Gasteiger partial charge in [0.05, 0.1) is 29.4 Å². The molecule has 0 saturated carbocycles. The second-order valence-electron chi connectivity index (χ2n) is 11.4. The van der Waals surface area contributed by atoms with Crippen molar-refractivity contribution in [2.75, 3.05) is 43.5 Å². The van der Waals surface area contributed by atoms with Crippen LogP contribution in [0.4, 0.5) is 20.6 Å². The standard InChI is InChI=1S/C29H34ClFN4O4/c1-28(2,3)39-27(37)35-17-24(38-25-22(33(4)5)14-20(30)15-23(25)35)26(36)34-12-10-29(18-32,11-13-34)16-19-6-8-21(31)9-7-19/h6-9,14-15,24H,10-13,16-17H2,1-5H3. The third kappa shape index (κ3) is 6.39. The van der Waals surface area contributed by atoms with Crippen LogP contribution in [0.5, 0.6) is 5.75 Å². The number of anilines is 2. The second kappa shape index (κ2) is 10.9. The molecule has 1 fully saturated rings. The van der Waals surface area contributed by atoms with E-state index in [0.717, 1.165) is 5.56 Å². The summed E-state index contributed by atoms with van der Waals surface area (Å²) < 4.78 is 25.2. The molecule has 0 N–H and O–H groups in total. The van der Waals surface area contributed by atoms with E-state index in [1.807, 2.05) is 19.0 Å². The number of benzene rings is 2. The lowest BCUT2D eigenvalue weighted by Gasteiger charge is -2.41. The molecule has 2 aliphatic rings. The van der Waals surface area contributed by atoms with Gasteiger partial charge < -0.3 is 19.3 Å². The Labute approximate surface area is 233 Å². The molecule has 39 heavy (non-hydrogen) atoms. The van der Waals surface area contributed by atoms with Gasteiger partial charge in [-0.05, 0) is 69.9 Å². The fourth-order valence-electron chi connectivity index (χ4n) is 4.96. The maximum atomic E-state index is 13.7. The minimum Gasteiger partial charge on any atom is -0.474 e. The molecule has 10 heteroatoms. The van der Waals surface area contributed by atoms with Gasteiger partial charge in [0.25, 0.3) is 5.91 Å². The van der Waals surface area contributed by atoms with Crippen molar-refractivity contribution in [1.29, 1.82) is 5.26 Å². The Hall–Kier alpha value is -3.51. The highest BCUT2D eigenvalue weighted by Crippen LogP contribution is 2.44. The molecule has 2 heterocycles. The maximum Gasteiger partial charge on any atom is 0.415 e. The van der Waals surface area contributed by atoms with Crippen molar-refractivity contribution >= 4 is 35.0 Å². The lowest BCUT2D eigenvalue weighted by atomic mass is 9.75. The largest absolute Gasteiger partial charge is 0.474 e. The van der Waals surface area contributed by atoms with E-state index in [1.54, 1.807) is 49.9 Å². The number of fused-ring (bicyclic) bond motifs is 1. The average Bonchev–Trinajstić information content (AvgIpc) is 2.88. The fraction of sp³-hybridized carbons (Fsp3) is 0.483. The molecule has 0 aromatic heterocycles. The Kier molecular flexibility index (Phi) is 7.99. The normalized spacial score (nSPS) is 18.5. The lowest BCUT2D eigenvalue weighted by Crippen LogP contribution is -2.55.